The molecule has 5 amide bonds. The molecule has 1 saturated heterocycles. The lowest BCUT2D eigenvalue weighted by Gasteiger charge is -2.28. The molecule has 2 rings (SSSR count). The van der Waals surface area contributed by atoms with Crippen LogP contribution in [-0.4, -0.2) is 59.9 Å². The normalized spacial score (nSPS) is 18.6. The number of hydrogen-bond donors (Lipinski definition) is 4. The topological polar surface area (TPSA) is 134 Å². The molecule has 168 valence electrons. The van der Waals surface area contributed by atoms with E-state index in [1.807, 2.05) is 17.5 Å². The zero-order chi connectivity index (χ0) is 23.0. The van der Waals surface area contributed by atoms with Crippen LogP contribution >= 0.6 is 11.3 Å². The minimum absolute atomic E-state index is 0.255. The lowest BCUT2D eigenvalue weighted by atomic mass is 10.1. The van der Waals surface area contributed by atoms with E-state index >= 15 is 0 Å². The smallest absolute Gasteiger partial charge is 0.315 e. The van der Waals surface area contributed by atoms with Gasteiger partial charge in [-0.25, -0.2) is 4.79 Å². The number of rotatable bonds is 9. The number of nitrogens with one attached hydrogen (secondary N) is 3. The Bertz CT molecular complexity index is 848. The van der Waals surface area contributed by atoms with Crippen LogP contribution in [0.5, 0.6) is 0 Å². The van der Waals surface area contributed by atoms with E-state index in [0.717, 1.165) is 10.5 Å². The number of carbonyl (C=O) groups excluding carboxylic acids is 4. The fraction of sp³-hybridized carbons (Fsp3) is 0.429. The van der Waals surface area contributed by atoms with Crippen LogP contribution in [0.2, 0.25) is 0 Å². The van der Waals surface area contributed by atoms with E-state index in [-0.39, 0.29) is 18.9 Å². The summed E-state index contributed by atoms with van der Waals surface area (Å²) in [6, 6.07) is 0.712. The third-order valence-electron chi connectivity index (χ3n) is 4.73. The largest absolute Gasteiger partial charge is 0.368 e. The Balaban J connectivity index is 2.21. The Kier molecular flexibility index (Phi) is 8.80. The van der Waals surface area contributed by atoms with Crippen molar-refractivity contribution in [1.82, 2.24) is 20.9 Å². The van der Waals surface area contributed by atoms with Gasteiger partial charge in [-0.3, -0.25) is 14.4 Å². The SMILES string of the molecule is C=CCNC(=O)N[C@H]1CCN(C(=O)C=C(C)C)[C@@H]1C(=O)N[C@@H](Cc1cccs1)C(N)=O. The average molecular weight is 448 g/mol. The summed E-state index contributed by atoms with van der Waals surface area (Å²) >= 11 is 1.45. The van der Waals surface area contributed by atoms with E-state index in [0.29, 0.717) is 13.0 Å². The van der Waals surface area contributed by atoms with E-state index in [1.165, 1.54) is 28.4 Å². The molecule has 5 N–H and O–H groups in total. The second-order valence-electron chi connectivity index (χ2n) is 7.48. The van der Waals surface area contributed by atoms with Crippen molar-refractivity contribution in [2.24, 2.45) is 5.73 Å². The monoisotopic (exact) mass is 447 g/mol. The maximum atomic E-state index is 13.2. The van der Waals surface area contributed by atoms with Gasteiger partial charge in [0.25, 0.3) is 0 Å². The first-order chi connectivity index (χ1) is 14.7. The molecule has 3 atom stereocenters. The number of hydrogen-bond acceptors (Lipinski definition) is 5. The van der Waals surface area contributed by atoms with E-state index < -0.39 is 36.0 Å². The fourth-order valence-electron chi connectivity index (χ4n) is 3.34. The minimum atomic E-state index is -0.970. The number of nitrogens with two attached hydrogens (primary N) is 1. The summed E-state index contributed by atoms with van der Waals surface area (Å²) in [5.41, 5.74) is 6.29. The van der Waals surface area contributed by atoms with Crippen molar-refractivity contribution in [3.63, 3.8) is 0 Å². The van der Waals surface area contributed by atoms with E-state index in [2.05, 4.69) is 22.5 Å². The number of primary amides is 1. The van der Waals surface area contributed by atoms with Gasteiger partial charge in [-0.1, -0.05) is 17.7 Å². The number of likely N-dealkylation sites (tertiary alicyclic amines) is 1. The van der Waals surface area contributed by atoms with Crippen LogP contribution in [0.25, 0.3) is 0 Å². The summed E-state index contributed by atoms with van der Waals surface area (Å²) in [6.45, 7) is 7.66. The molecule has 1 aliphatic rings. The van der Waals surface area contributed by atoms with Crippen molar-refractivity contribution in [3.05, 3.63) is 46.7 Å². The summed E-state index contributed by atoms with van der Waals surface area (Å²) in [6.07, 6.45) is 3.63. The summed E-state index contributed by atoms with van der Waals surface area (Å²) in [7, 11) is 0. The molecule has 0 unspecified atom stereocenters. The van der Waals surface area contributed by atoms with Crippen LogP contribution in [0.1, 0.15) is 25.1 Å². The molecule has 1 aromatic heterocycles. The number of allylic oxidation sites excluding steroid dienone is 1. The molecule has 31 heavy (non-hydrogen) atoms. The number of amides is 5. The molecule has 10 heteroatoms. The zero-order valence-electron chi connectivity index (χ0n) is 17.7. The summed E-state index contributed by atoms with van der Waals surface area (Å²) in [4.78, 5) is 52.2. The standard InChI is InChI=1S/C21H29N5O4S/c1-4-8-23-21(30)25-15-7-9-26(17(27)11-13(2)3)18(15)20(29)24-16(19(22)28)12-14-6-5-10-31-14/h4-6,10-11,15-16,18H,1,7-9,12H2,2-3H3,(H2,22,28)(H,24,29)(H2,23,25,30)/t15-,16-,18-/m0/s1. The molecule has 0 saturated carbocycles. The Morgan fingerprint density at radius 3 is 2.68 bits per heavy atom. The second kappa shape index (κ2) is 11.3. The van der Waals surface area contributed by atoms with Gasteiger partial charge >= 0.3 is 6.03 Å². The molecular formula is C21H29N5O4S. The zero-order valence-corrected chi connectivity index (χ0v) is 18.5. The van der Waals surface area contributed by atoms with Crippen molar-refractivity contribution in [3.8, 4) is 0 Å². The summed E-state index contributed by atoms with van der Waals surface area (Å²) in [5.74, 6) is -1.54. The lowest BCUT2D eigenvalue weighted by molar-refractivity contribution is -0.137. The predicted molar refractivity (Wildman–Crippen MR) is 119 cm³/mol. The number of thiophene rings is 1. The molecule has 2 heterocycles. The Hall–Kier alpha value is -3.14. The van der Waals surface area contributed by atoms with Crippen molar-refractivity contribution in [2.75, 3.05) is 13.1 Å². The summed E-state index contributed by atoms with van der Waals surface area (Å²) < 4.78 is 0. The van der Waals surface area contributed by atoms with E-state index in [9.17, 15) is 19.2 Å². The van der Waals surface area contributed by atoms with Gasteiger partial charge in [0.05, 0.1) is 6.04 Å². The highest BCUT2D eigenvalue weighted by atomic mass is 32.1. The van der Waals surface area contributed by atoms with E-state index in [1.54, 1.807) is 13.8 Å². The van der Waals surface area contributed by atoms with Crippen LogP contribution in [-0.2, 0) is 20.8 Å². The van der Waals surface area contributed by atoms with Gasteiger partial charge in [0.1, 0.15) is 12.1 Å². The van der Waals surface area contributed by atoms with Gasteiger partial charge in [0, 0.05) is 30.5 Å². The van der Waals surface area contributed by atoms with Crippen molar-refractivity contribution < 1.29 is 19.2 Å². The van der Waals surface area contributed by atoms with Crippen molar-refractivity contribution >= 4 is 35.1 Å². The van der Waals surface area contributed by atoms with Gasteiger partial charge in [-0.2, -0.15) is 0 Å². The van der Waals surface area contributed by atoms with Crippen LogP contribution in [0.3, 0.4) is 0 Å². The molecule has 0 aliphatic carbocycles. The van der Waals surface area contributed by atoms with Crippen LogP contribution in [0, 0.1) is 0 Å². The average Bonchev–Trinajstić information content (AvgIpc) is 3.35. The molecule has 1 aliphatic heterocycles. The van der Waals surface area contributed by atoms with Gasteiger partial charge < -0.3 is 26.6 Å². The van der Waals surface area contributed by atoms with Gasteiger partial charge in [0.2, 0.25) is 17.7 Å². The van der Waals surface area contributed by atoms with Crippen LogP contribution < -0.4 is 21.7 Å². The molecule has 9 nitrogen and oxygen atoms in total. The molecular weight excluding hydrogens is 418 g/mol. The predicted octanol–water partition coefficient (Wildman–Crippen LogP) is 0.682. The van der Waals surface area contributed by atoms with E-state index in [4.69, 9.17) is 5.73 Å². The molecule has 1 fully saturated rings. The maximum Gasteiger partial charge on any atom is 0.315 e. The van der Waals surface area contributed by atoms with Crippen LogP contribution in [0.4, 0.5) is 4.79 Å². The quantitative estimate of drug-likeness (QED) is 0.327. The van der Waals surface area contributed by atoms with Gasteiger partial charge in [0.15, 0.2) is 0 Å². The molecule has 0 radical (unpaired) electrons. The highest BCUT2D eigenvalue weighted by molar-refractivity contribution is 7.09. The Morgan fingerprint density at radius 1 is 1.35 bits per heavy atom. The molecule has 0 spiro atoms. The third kappa shape index (κ3) is 6.95. The fourth-order valence-corrected chi connectivity index (χ4v) is 4.09. The molecule has 0 bridgehead atoms. The Morgan fingerprint density at radius 2 is 2.10 bits per heavy atom. The van der Waals surface area contributed by atoms with Crippen molar-refractivity contribution in [1.29, 1.82) is 0 Å². The molecule has 0 aromatic carbocycles. The highest BCUT2D eigenvalue weighted by Crippen LogP contribution is 2.20. The second-order valence-corrected chi connectivity index (χ2v) is 8.52. The first kappa shape index (κ1) is 24.1. The number of nitrogens with zero attached hydrogens (tertiary/aromatic N) is 1. The van der Waals surface area contributed by atoms with Gasteiger partial charge in [-0.05, 0) is 31.7 Å². The highest BCUT2D eigenvalue weighted by Gasteiger charge is 2.43. The van der Waals surface area contributed by atoms with Gasteiger partial charge in [-0.15, -0.1) is 17.9 Å². The lowest BCUT2D eigenvalue weighted by Crippen LogP contribution is -2.59. The van der Waals surface area contributed by atoms with Crippen LogP contribution in [0.15, 0.2) is 41.8 Å². The third-order valence-corrected chi connectivity index (χ3v) is 5.63. The number of carbonyl (C=O) groups is 4. The number of urea groups is 1. The van der Waals surface area contributed by atoms with Crippen molar-refractivity contribution in [2.45, 2.75) is 44.8 Å². The first-order valence-corrected chi connectivity index (χ1v) is 10.8. The minimum Gasteiger partial charge on any atom is -0.368 e. The summed E-state index contributed by atoms with van der Waals surface area (Å²) in [5, 5.41) is 9.88. The molecule has 1 aromatic rings. The maximum absolute atomic E-state index is 13.2. The Labute approximate surface area is 185 Å². The first-order valence-electron chi connectivity index (χ1n) is 9.95.